The van der Waals surface area contributed by atoms with Crippen molar-refractivity contribution in [2.24, 2.45) is 0 Å². The fourth-order valence-corrected chi connectivity index (χ4v) is 2.70. The van der Waals surface area contributed by atoms with E-state index in [4.69, 9.17) is 23.2 Å². The van der Waals surface area contributed by atoms with E-state index in [-0.39, 0.29) is 0 Å². The first-order valence-electron chi connectivity index (χ1n) is 5.89. The zero-order valence-corrected chi connectivity index (χ0v) is 12.7. The third-order valence-electron chi connectivity index (χ3n) is 2.27. The van der Waals surface area contributed by atoms with Crippen LogP contribution >= 0.6 is 35.0 Å². The van der Waals surface area contributed by atoms with Crippen LogP contribution in [0.4, 0.5) is 5.95 Å². The van der Waals surface area contributed by atoms with Gasteiger partial charge in [0.1, 0.15) is 5.03 Å². The number of rotatable bonds is 5. The van der Waals surface area contributed by atoms with Gasteiger partial charge in [-0.25, -0.2) is 9.97 Å². The average molecular weight is 314 g/mol. The lowest BCUT2D eigenvalue weighted by molar-refractivity contribution is 0.935. The van der Waals surface area contributed by atoms with Crippen LogP contribution in [-0.4, -0.2) is 16.5 Å². The van der Waals surface area contributed by atoms with Crippen molar-refractivity contribution >= 4 is 40.9 Å². The van der Waals surface area contributed by atoms with Crippen LogP contribution < -0.4 is 5.32 Å². The van der Waals surface area contributed by atoms with E-state index in [0.717, 1.165) is 22.9 Å². The van der Waals surface area contributed by atoms with Crippen molar-refractivity contribution in [3.63, 3.8) is 0 Å². The molecule has 3 nitrogen and oxygen atoms in total. The molecule has 0 bridgehead atoms. The van der Waals surface area contributed by atoms with Gasteiger partial charge in [-0.2, -0.15) is 0 Å². The van der Waals surface area contributed by atoms with Crippen molar-refractivity contribution in [2.75, 3.05) is 11.9 Å². The number of nitrogens with zero attached hydrogens (tertiary/aromatic N) is 2. The molecule has 0 amide bonds. The molecule has 0 saturated heterocycles. The fraction of sp³-hybridized carbons (Fsp3) is 0.231. The van der Waals surface area contributed by atoms with Gasteiger partial charge < -0.3 is 5.32 Å². The number of benzene rings is 1. The molecule has 0 saturated carbocycles. The third-order valence-corrected chi connectivity index (χ3v) is 3.94. The largest absolute Gasteiger partial charge is 0.354 e. The Balaban J connectivity index is 2.16. The molecule has 0 aliphatic heterocycles. The highest BCUT2D eigenvalue weighted by Crippen LogP contribution is 2.34. The van der Waals surface area contributed by atoms with E-state index in [2.05, 4.69) is 22.2 Å². The zero-order valence-electron chi connectivity index (χ0n) is 10.4. The first-order valence-corrected chi connectivity index (χ1v) is 7.46. The Morgan fingerprint density at radius 1 is 1.26 bits per heavy atom. The minimum absolute atomic E-state index is 0.630. The highest BCUT2D eigenvalue weighted by Gasteiger charge is 2.06. The molecule has 0 radical (unpaired) electrons. The molecule has 2 rings (SSSR count). The topological polar surface area (TPSA) is 37.8 Å². The summed E-state index contributed by atoms with van der Waals surface area (Å²) in [4.78, 5) is 9.46. The highest BCUT2D eigenvalue weighted by molar-refractivity contribution is 7.99. The van der Waals surface area contributed by atoms with Crippen LogP contribution in [0.25, 0.3) is 0 Å². The quantitative estimate of drug-likeness (QED) is 0.808. The monoisotopic (exact) mass is 313 g/mol. The number of hydrogen-bond donors (Lipinski definition) is 1. The zero-order chi connectivity index (χ0) is 13.7. The Morgan fingerprint density at radius 3 is 2.89 bits per heavy atom. The van der Waals surface area contributed by atoms with E-state index in [0.29, 0.717) is 16.0 Å². The lowest BCUT2D eigenvalue weighted by Gasteiger charge is -2.06. The molecule has 19 heavy (non-hydrogen) atoms. The minimum atomic E-state index is 0.630. The first kappa shape index (κ1) is 14.4. The maximum absolute atomic E-state index is 6.13. The average Bonchev–Trinajstić information content (AvgIpc) is 2.41. The first-order chi connectivity index (χ1) is 9.19. The summed E-state index contributed by atoms with van der Waals surface area (Å²) in [6.07, 6.45) is 2.76. The second kappa shape index (κ2) is 6.98. The molecule has 1 heterocycles. The standard InChI is InChI=1S/C13H13Cl2N3S/c1-2-6-16-13-17-7-5-12(18-13)19-11-8-9(14)3-4-10(11)15/h3-5,7-8H,2,6H2,1H3,(H,16,17,18). The van der Waals surface area contributed by atoms with Crippen molar-refractivity contribution in [1.29, 1.82) is 0 Å². The summed E-state index contributed by atoms with van der Waals surface area (Å²) in [5.74, 6) is 0.630. The Labute approximate surface area is 126 Å². The molecule has 0 aliphatic carbocycles. The maximum atomic E-state index is 6.13. The molecule has 1 N–H and O–H groups in total. The van der Waals surface area contributed by atoms with Crippen molar-refractivity contribution in [3.8, 4) is 0 Å². The van der Waals surface area contributed by atoms with Gasteiger partial charge in [0.2, 0.25) is 5.95 Å². The lowest BCUT2D eigenvalue weighted by atomic mass is 10.4. The summed E-state index contributed by atoms with van der Waals surface area (Å²) in [6, 6.07) is 7.22. The summed E-state index contributed by atoms with van der Waals surface area (Å²) in [7, 11) is 0. The van der Waals surface area contributed by atoms with Gasteiger partial charge in [-0.05, 0) is 30.7 Å². The van der Waals surface area contributed by atoms with Crippen LogP contribution in [0.3, 0.4) is 0 Å². The third kappa shape index (κ3) is 4.27. The van der Waals surface area contributed by atoms with Gasteiger partial charge in [0, 0.05) is 22.7 Å². The van der Waals surface area contributed by atoms with Crippen LogP contribution in [0.1, 0.15) is 13.3 Å². The molecule has 0 unspecified atom stereocenters. The number of hydrogen-bond acceptors (Lipinski definition) is 4. The smallest absolute Gasteiger partial charge is 0.223 e. The van der Waals surface area contributed by atoms with Gasteiger partial charge in [-0.3, -0.25) is 0 Å². The molecular weight excluding hydrogens is 301 g/mol. The second-order valence-electron chi connectivity index (χ2n) is 3.82. The molecule has 0 atom stereocenters. The van der Waals surface area contributed by atoms with Gasteiger partial charge in [0.25, 0.3) is 0 Å². The Hall–Kier alpha value is -0.970. The number of nitrogens with one attached hydrogen (secondary N) is 1. The van der Waals surface area contributed by atoms with Crippen molar-refractivity contribution in [1.82, 2.24) is 9.97 Å². The fourth-order valence-electron chi connectivity index (χ4n) is 1.39. The number of aromatic nitrogens is 2. The summed E-state index contributed by atoms with van der Waals surface area (Å²) in [5, 5.41) is 5.30. The van der Waals surface area contributed by atoms with E-state index in [1.165, 1.54) is 11.8 Å². The van der Waals surface area contributed by atoms with Crippen LogP contribution in [0.2, 0.25) is 10.0 Å². The van der Waals surface area contributed by atoms with Gasteiger partial charge in [0.15, 0.2) is 0 Å². The van der Waals surface area contributed by atoms with Gasteiger partial charge in [-0.15, -0.1) is 0 Å². The summed E-state index contributed by atoms with van der Waals surface area (Å²) in [5.41, 5.74) is 0. The summed E-state index contributed by atoms with van der Waals surface area (Å²) in [6.45, 7) is 2.95. The van der Waals surface area contributed by atoms with E-state index < -0.39 is 0 Å². The molecule has 0 fully saturated rings. The summed E-state index contributed by atoms with van der Waals surface area (Å²) >= 11 is 13.6. The minimum Gasteiger partial charge on any atom is -0.354 e. The van der Waals surface area contributed by atoms with Gasteiger partial charge in [0.05, 0.1) is 5.02 Å². The predicted molar refractivity (Wildman–Crippen MR) is 81.4 cm³/mol. The number of halogens is 2. The predicted octanol–water partition coefficient (Wildman–Crippen LogP) is 4.76. The van der Waals surface area contributed by atoms with Crippen LogP contribution in [0.5, 0.6) is 0 Å². The Kier molecular flexibility index (Phi) is 5.31. The molecule has 2 aromatic rings. The number of anilines is 1. The van der Waals surface area contributed by atoms with E-state index in [1.807, 2.05) is 12.1 Å². The molecule has 0 spiro atoms. The van der Waals surface area contributed by atoms with Crippen LogP contribution in [0.15, 0.2) is 40.4 Å². The highest BCUT2D eigenvalue weighted by atomic mass is 35.5. The molecule has 1 aromatic heterocycles. The maximum Gasteiger partial charge on any atom is 0.223 e. The van der Waals surface area contributed by atoms with Gasteiger partial charge >= 0.3 is 0 Å². The van der Waals surface area contributed by atoms with Crippen molar-refractivity contribution < 1.29 is 0 Å². The van der Waals surface area contributed by atoms with E-state index in [9.17, 15) is 0 Å². The SMILES string of the molecule is CCCNc1nccc(Sc2cc(Cl)ccc2Cl)n1. The van der Waals surface area contributed by atoms with E-state index in [1.54, 1.807) is 18.3 Å². The summed E-state index contributed by atoms with van der Waals surface area (Å²) < 4.78 is 0. The van der Waals surface area contributed by atoms with Crippen LogP contribution in [0, 0.1) is 0 Å². The molecule has 0 aliphatic rings. The van der Waals surface area contributed by atoms with Gasteiger partial charge in [-0.1, -0.05) is 41.9 Å². The second-order valence-corrected chi connectivity index (χ2v) is 5.73. The lowest BCUT2D eigenvalue weighted by Crippen LogP contribution is -2.04. The Morgan fingerprint density at radius 2 is 2.11 bits per heavy atom. The normalized spacial score (nSPS) is 10.5. The molecular formula is C13H13Cl2N3S. The Bertz CT molecular complexity index is 563. The molecule has 6 heteroatoms. The van der Waals surface area contributed by atoms with E-state index >= 15 is 0 Å². The van der Waals surface area contributed by atoms with Crippen molar-refractivity contribution in [3.05, 3.63) is 40.5 Å². The van der Waals surface area contributed by atoms with Crippen LogP contribution in [-0.2, 0) is 0 Å². The molecule has 100 valence electrons. The molecule has 1 aromatic carbocycles. The van der Waals surface area contributed by atoms with Crippen molar-refractivity contribution in [2.45, 2.75) is 23.3 Å².